The van der Waals surface area contributed by atoms with Crippen molar-refractivity contribution in [3.05, 3.63) is 36.4 Å². The Labute approximate surface area is 86.1 Å². The van der Waals surface area contributed by atoms with E-state index in [1.807, 2.05) is 0 Å². The van der Waals surface area contributed by atoms with Gasteiger partial charge in [0, 0.05) is 11.6 Å². The topological polar surface area (TPSA) is 52.6 Å². The minimum Gasteiger partial charge on any atom is -0.426 e. The normalized spacial score (nSPS) is 12.9. The van der Waals surface area contributed by atoms with Gasteiger partial charge in [-0.1, -0.05) is 6.58 Å². The van der Waals surface area contributed by atoms with Crippen LogP contribution in [-0.4, -0.2) is 11.9 Å². The Morgan fingerprint density at radius 1 is 1.53 bits per heavy atom. The smallest absolute Gasteiger partial charge is 0.335 e. The van der Waals surface area contributed by atoms with Crippen LogP contribution in [0.5, 0.6) is 11.5 Å². The van der Waals surface area contributed by atoms with Gasteiger partial charge in [0.1, 0.15) is 11.5 Å². The van der Waals surface area contributed by atoms with Crippen LogP contribution in [0, 0.1) is 0 Å². The molecule has 4 heteroatoms. The molecular weight excluding hydrogens is 196 g/mol. The van der Waals surface area contributed by atoms with Crippen molar-refractivity contribution in [2.45, 2.75) is 6.42 Å². The third-order valence-electron chi connectivity index (χ3n) is 1.98. The van der Waals surface area contributed by atoms with E-state index in [2.05, 4.69) is 6.58 Å². The van der Waals surface area contributed by atoms with Gasteiger partial charge in [0.2, 0.25) is 0 Å². The van der Waals surface area contributed by atoms with Crippen molar-refractivity contribution in [2.75, 3.05) is 0 Å². The fraction of sp³-hybridized carbons (Fsp3) is 0.0909. The van der Waals surface area contributed by atoms with E-state index in [1.165, 1.54) is 0 Å². The molecule has 15 heavy (non-hydrogen) atoms. The number of fused-ring (bicyclic) bond motifs is 1. The summed E-state index contributed by atoms with van der Waals surface area (Å²) in [5, 5.41) is 0. The standard InChI is InChI=1S/C11H8O4/c1-2-10(12)14-8-3-4-9-7(5-8)6-11(13)15-9/h2-5H,1,6H2. The molecule has 0 saturated heterocycles. The molecule has 1 heterocycles. The van der Waals surface area contributed by atoms with Crippen molar-refractivity contribution in [1.29, 1.82) is 0 Å². The summed E-state index contributed by atoms with van der Waals surface area (Å²) in [6.45, 7) is 3.29. The summed E-state index contributed by atoms with van der Waals surface area (Å²) in [6, 6.07) is 4.78. The molecule has 76 valence electrons. The van der Waals surface area contributed by atoms with E-state index in [0.717, 1.165) is 11.6 Å². The molecule has 0 bridgehead atoms. The Morgan fingerprint density at radius 3 is 3.07 bits per heavy atom. The average Bonchev–Trinajstić information content (AvgIpc) is 2.57. The molecule has 0 fully saturated rings. The van der Waals surface area contributed by atoms with Crippen LogP contribution < -0.4 is 9.47 Å². The molecule has 1 aliphatic rings. The Morgan fingerprint density at radius 2 is 2.33 bits per heavy atom. The molecule has 4 nitrogen and oxygen atoms in total. The van der Waals surface area contributed by atoms with Crippen LogP contribution in [0.3, 0.4) is 0 Å². The van der Waals surface area contributed by atoms with Crippen LogP contribution in [0.1, 0.15) is 5.56 Å². The second-order valence-electron chi connectivity index (χ2n) is 3.05. The number of hydrogen-bond acceptors (Lipinski definition) is 4. The molecule has 2 rings (SSSR count). The monoisotopic (exact) mass is 204 g/mol. The number of rotatable bonds is 2. The fourth-order valence-electron chi connectivity index (χ4n) is 1.33. The first-order valence-electron chi connectivity index (χ1n) is 4.37. The predicted molar refractivity (Wildman–Crippen MR) is 51.6 cm³/mol. The predicted octanol–water partition coefficient (Wildman–Crippen LogP) is 1.24. The largest absolute Gasteiger partial charge is 0.426 e. The molecule has 0 amide bonds. The maximum absolute atomic E-state index is 10.9. The van der Waals surface area contributed by atoms with Crippen molar-refractivity contribution in [1.82, 2.24) is 0 Å². The summed E-state index contributed by atoms with van der Waals surface area (Å²) in [5.41, 5.74) is 0.731. The van der Waals surface area contributed by atoms with Gasteiger partial charge in [-0.05, 0) is 18.2 Å². The summed E-state index contributed by atoms with van der Waals surface area (Å²) in [6.07, 6.45) is 1.30. The quantitative estimate of drug-likeness (QED) is 0.413. The lowest BCUT2D eigenvalue weighted by molar-refractivity contribution is -0.132. The zero-order valence-electron chi connectivity index (χ0n) is 7.86. The van der Waals surface area contributed by atoms with Gasteiger partial charge in [0.05, 0.1) is 6.42 Å². The second kappa shape index (κ2) is 3.57. The van der Waals surface area contributed by atoms with E-state index >= 15 is 0 Å². The number of benzene rings is 1. The average molecular weight is 204 g/mol. The van der Waals surface area contributed by atoms with Crippen molar-refractivity contribution in [2.24, 2.45) is 0 Å². The number of hydrogen-bond donors (Lipinski definition) is 0. The van der Waals surface area contributed by atoms with E-state index in [-0.39, 0.29) is 12.4 Å². The summed E-state index contributed by atoms with van der Waals surface area (Å²) < 4.78 is 9.79. The summed E-state index contributed by atoms with van der Waals surface area (Å²) >= 11 is 0. The van der Waals surface area contributed by atoms with Crippen LogP contribution >= 0.6 is 0 Å². The first kappa shape index (κ1) is 9.45. The second-order valence-corrected chi connectivity index (χ2v) is 3.05. The van der Waals surface area contributed by atoms with Crippen LogP contribution in [0.2, 0.25) is 0 Å². The first-order chi connectivity index (χ1) is 7.19. The molecule has 0 unspecified atom stereocenters. The highest BCUT2D eigenvalue weighted by Crippen LogP contribution is 2.29. The zero-order valence-corrected chi connectivity index (χ0v) is 7.86. The van der Waals surface area contributed by atoms with E-state index in [0.29, 0.717) is 11.5 Å². The molecule has 0 N–H and O–H groups in total. The molecule has 0 radical (unpaired) electrons. The number of esters is 2. The third-order valence-corrected chi connectivity index (χ3v) is 1.98. The SMILES string of the molecule is C=CC(=O)Oc1ccc2c(c1)CC(=O)O2. The molecule has 1 aromatic rings. The summed E-state index contributed by atoms with van der Waals surface area (Å²) in [5.74, 6) is 0.0905. The van der Waals surface area contributed by atoms with Crippen molar-refractivity contribution in [3.63, 3.8) is 0 Å². The Bertz CT molecular complexity index is 448. The lowest BCUT2D eigenvalue weighted by atomic mass is 10.1. The van der Waals surface area contributed by atoms with Gasteiger partial charge in [-0.2, -0.15) is 0 Å². The van der Waals surface area contributed by atoms with Gasteiger partial charge in [0.15, 0.2) is 0 Å². The molecule has 0 atom stereocenters. The van der Waals surface area contributed by atoms with Crippen LogP contribution in [0.4, 0.5) is 0 Å². The third kappa shape index (κ3) is 1.88. The fourth-order valence-corrected chi connectivity index (χ4v) is 1.33. The molecule has 0 aliphatic carbocycles. The minimum absolute atomic E-state index is 0.217. The van der Waals surface area contributed by atoms with Gasteiger partial charge < -0.3 is 9.47 Å². The van der Waals surface area contributed by atoms with Crippen molar-refractivity contribution in [3.8, 4) is 11.5 Å². The van der Waals surface area contributed by atoms with Gasteiger partial charge >= 0.3 is 11.9 Å². The highest BCUT2D eigenvalue weighted by molar-refractivity contribution is 5.84. The van der Waals surface area contributed by atoms with Crippen molar-refractivity contribution >= 4 is 11.9 Å². The van der Waals surface area contributed by atoms with Gasteiger partial charge in [0.25, 0.3) is 0 Å². The number of ether oxygens (including phenoxy) is 2. The van der Waals surface area contributed by atoms with Crippen LogP contribution in [0.15, 0.2) is 30.9 Å². The highest BCUT2D eigenvalue weighted by Gasteiger charge is 2.20. The number of carbonyl (C=O) groups excluding carboxylic acids is 2. The Hall–Kier alpha value is -2.10. The molecule has 0 spiro atoms. The Balaban J connectivity index is 2.23. The molecule has 1 aromatic carbocycles. The summed E-state index contributed by atoms with van der Waals surface area (Å²) in [7, 11) is 0. The molecular formula is C11H8O4. The molecule has 0 aromatic heterocycles. The van der Waals surface area contributed by atoms with E-state index in [9.17, 15) is 9.59 Å². The number of carbonyl (C=O) groups is 2. The van der Waals surface area contributed by atoms with Crippen LogP contribution in [-0.2, 0) is 16.0 Å². The lowest BCUT2D eigenvalue weighted by Crippen LogP contribution is -2.02. The van der Waals surface area contributed by atoms with Gasteiger partial charge in [-0.25, -0.2) is 4.79 Å². The maximum atomic E-state index is 10.9. The van der Waals surface area contributed by atoms with E-state index in [1.54, 1.807) is 18.2 Å². The van der Waals surface area contributed by atoms with Crippen LogP contribution in [0.25, 0.3) is 0 Å². The van der Waals surface area contributed by atoms with E-state index in [4.69, 9.17) is 9.47 Å². The summed E-state index contributed by atoms with van der Waals surface area (Å²) in [4.78, 5) is 21.9. The highest BCUT2D eigenvalue weighted by atomic mass is 16.5. The zero-order chi connectivity index (χ0) is 10.8. The Kier molecular flexibility index (Phi) is 2.25. The molecule has 0 saturated carbocycles. The van der Waals surface area contributed by atoms with Gasteiger partial charge in [-0.3, -0.25) is 4.79 Å². The van der Waals surface area contributed by atoms with Gasteiger partial charge in [-0.15, -0.1) is 0 Å². The lowest BCUT2D eigenvalue weighted by Gasteiger charge is -2.02. The minimum atomic E-state index is -0.528. The first-order valence-corrected chi connectivity index (χ1v) is 4.37. The molecule has 1 aliphatic heterocycles. The maximum Gasteiger partial charge on any atom is 0.335 e. The van der Waals surface area contributed by atoms with Crippen molar-refractivity contribution < 1.29 is 19.1 Å². The van der Waals surface area contributed by atoms with E-state index < -0.39 is 5.97 Å².